The number of hydrogen-bond acceptors (Lipinski definition) is 5. The van der Waals surface area contributed by atoms with Crippen molar-refractivity contribution in [2.24, 2.45) is 0 Å². The Morgan fingerprint density at radius 1 is 1.30 bits per heavy atom. The van der Waals surface area contributed by atoms with E-state index in [1.807, 2.05) is 0 Å². The second-order valence-electron chi connectivity index (χ2n) is 4.12. The average Bonchev–Trinajstić information content (AvgIpc) is 2.26. The molecule has 1 aromatic rings. The van der Waals surface area contributed by atoms with Crippen LogP contribution in [0, 0.1) is 10.1 Å². The van der Waals surface area contributed by atoms with E-state index >= 15 is 0 Å². The SMILES string of the molecule is CC(C)c1ccc(OS(=O)(=O)C(F)(F)F)c([N+](=O)[O-])c1. The summed E-state index contributed by atoms with van der Waals surface area (Å²) in [6, 6.07) is 3.07. The number of rotatable bonds is 4. The van der Waals surface area contributed by atoms with Gasteiger partial charge in [-0.1, -0.05) is 19.9 Å². The number of benzene rings is 1. The molecular weight excluding hydrogens is 303 g/mol. The highest BCUT2D eigenvalue weighted by molar-refractivity contribution is 7.88. The molecule has 0 aliphatic carbocycles. The molecule has 1 aromatic carbocycles. The van der Waals surface area contributed by atoms with Crippen LogP contribution in [0.25, 0.3) is 0 Å². The maximum atomic E-state index is 12.2. The van der Waals surface area contributed by atoms with Crippen LogP contribution in [0.1, 0.15) is 25.3 Å². The van der Waals surface area contributed by atoms with E-state index < -0.39 is 32.0 Å². The van der Waals surface area contributed by atoms with Crippen LogP contribution < -0.4 is 4.18 Å². The Bertz CT molecular complexity index is 624. The van der Waals surface area contributed by atoms with E-state index in [2.05, 4.69) is 4.18 Å². The van der Waals surface area contributed by atoms with E-state index in [9.17, 15) is 31.7 Å². The number of hydrogen-bond donors (Lipinski definition) is 0. The highest BCUT2D eigenvalue weighted by Gasteiger charge is 2.49. The van der Waals surface area contributed by atoms with Gasteiger partial charge in [0.2, 0.25) is 5.75 Å². The number of halogens is 3. The molecule has 0 atom stereocenters. The molecule has 112 valence electrons. The highest BCUT2D eigenvalue weighted by Crippen LogP contribution is 2.34. The van der Waals surface area contributed by atoms with E-state index in [-0.39, 0.29) is 5.92 Å². The zero-order valence-corrected chi connectivity index (χ0v) is 11.2. The second kappa shape index (κ2) is 5.27. The predicted molar refractivity (Wildman–Crippen MR) is 62.8 cm³/mol. The van der Waals surface area contributed by atoms with Crippen molar-refractivity contribution in [2.45, 2.75) is 25.3 Å². The molecule has 1 rings (SSSR count). The molecule has 0 saturated carbocycles. The lowest BCUT2D eigenvalue weighted by molar-refractivity contribution is -0.385. The average molecular weight is 313 g/mol. The van der Waals surface area contributed by atoms with Crippen LogP contribution in [0.4, 0.5) is 18.9 Å². The van der Waals surface area contributed by atoms with Crippen molar-refractivity contribution in [2.75, 3.05) is 0 Å². The first-order valence-electron chi connectivity index (χ1n) is 5.25. The van der Waals surface area contributed by atoms with Gasteiger partial charge in [-0.25, -0.2) is 0 Å². The fourth-order valence-electron chi connectivity index (χ4n) is 1.27. The molecule has 0 spiro atoms. The summed E-state index contributed by atoms with van der Waals surface area (Å²) >= 11 is 0. The number of nitro groups is 1. The summed E-state index contributed by atoms with van der Waals surface area (Å²) in [5.74, 6) is -1.10. The summed E-state index contributed by atoms with van der Waals surface area (Å²) in [6.07, 6.45) is 0. The molecule has 0 radical (unpaired) electrons. The van der Waals surface area contributed by atoms with Crippen LogP contribution in [-0.2, 0) is 10.1 Å². The van der Waals surface area contributed by atoms with Crippen LogP contribution in [0.2, 0.25) is 0 Å². The minimum Gasteiger partial charge on any atom is -0.369 e. The highest BCUT2D eigenvalue weighted by atomic mass is 32.2. The Labute approximate surface area is 112 Å². The van der Waals surface area contributed by atoms with E-state index in [0.717, 1.165) is 12.1 Å². The van der Waals surface area contributed by atoms with E-state index in [4.69, 9.17) is 0 Å². The minimum atomic E-state index is -5.94. The molecule has 0 fully saturated rings. The van der Waals surface area contributed by atoms with Crippen molar-refractivity contribution in [1.29, 1.82) is 0 Å². The van der Waals surface area contributed by atoms with Gasteiger partial charge in [0.1, 0.15) is 0 Å². The molecule has 0 saturated heterocycles. The molecule has 0 heterocycles. The zero-order valence-electron chi connectivity index (χ0n) is 10.3. The third-order valence-electron chi connectivity index (χ3n) is 2.33. The molecule has 0 bridgehead atoms. The van der Waals surface area contributed by atoms with Gasteiger partial charge in [0, 0.05) is 6.07 Å². The Balaban J connectivity index is 3.30. The number of alkyl halides is 3. The van der Waals surface area contributed by atoms with Crippen molar-refractivity contribution in [1.82, 2.24) is 0 Å². The van der Waals surface area contributed by atoms with Crippen LogP contribution in [-0.4, -0.2) is 18.8 Å². The van der Waals surface area contributed by atoms with Crippen molar-refractivity contribution in [3.05, 3.63) is 33.9 Å². The maximum Gasteiger partial charge on any atom is 0.534 e. The lowest BCUT2D eigenvalue weighted by atomic mass is 10.0. The summed E-state index contributed by atoms with van der Waals surface area (Å²) in [5.41, 5.74) is -6.03. The number of nitro benzene ring substituents is 1. The normalized spacial score (nSPS) is 12.5. The Morgan fingerprint density at radius 3 is 2.25 bits per heavy atom. The van der Waals surface area contributed by atoms with Gasteiger partial charge in [0.25, 0.3) is 0 Å². The van der Waals surface area contributed by atoms with Crippen molar-refractivity contribution in [3.63, 3.8) is 0 Å². The molecule has 0 N–H and O–H groups in total. The fourth-order valence-corrected chi connectivity index (χ4v) is 1.74. The van der Waals surface area contributed by atoms with Gasteiger partial charge in [-0.05, 0) is 17.5 Å². The summed E-state index contributed by atoms with van der Waals surface area (Å²) in [7, 11) is -5.94. The van der Waals surface area contributed by atoms with Gasteiger partial charge < -0.3 is 4.18 Å². The van der Waals surface area contributed by atoms with Gasteiger partial charge in [-0.3, -0.25) is 10.1 Å². The Morgan fingerprint density at radius 2 is 1.85 bits per heavy atom. The van der Waals surface area contributed by atoms with Crippen LogP contribution in [0.5, 0.6) is 5.75 Å². The summed E-state index contributed by atoms with van der Waals surface area (Å²) in [6.45, 7) is 3.43. The van der Waals surface area contributed by atoms with E-state index in [1.54, 1.807) is 13.8 Å². The van der Waals surface area contributed by atoms with Gasteiger partial charge in [0.05, 0.1) is 4.92 Å². The van der Waals surface area contributed by atoms with Gasteiger partial charge in [-0.2, -0.15) is 21.6 Å². The molecule has 10 heteroatoms. The quantitative estimate of drug-likeness (QED) is 0.369. The van der Waals surface area contributed by atoms with Crippen molar-refractivity contribution in [3.8, 4) is 5.75 Å². The lowest BCUT2D eigenvalue weighted by Gasteiger charge is -2.11. The van der Waals surface area contributed by atoms with E-state index in [0.29, 0.717) is 5.56 Å². The van der Waals surface area contributed by atoms with Crippen LogP contribution in [0.3, 0.4) is 0 Å². The smallest absolute Gasteiger partial charge is 0.369 e. The first-order chi connectivity index (χ1) is 8.95. The third-order valence-corrected chi connectivity index (χ3v) is 3.30. The van der Waals surface area contributed by atoms with Gasteiger partial charge in [0.15, 0.2) is 0 Å². The van der Waals surface area contributed by atoms with Crippen molar-refractivity contribution >= 4 is 15.8 Å². The van der Waals surface area contributed by atoms with Gasteiger partial charge >= 0.3 is 21.3 Å². The number of nitrogens with zero attached hydrogens (tertiary/aromatic N) is 1. The summed E-state index contributed by atoms with van der Waals surface area (Å²) in [5, 5.41) is 10.8. The summed E-state index contributed by atoms with van der Waals surface area (Å²) in [4.78, 5) is 9.77. The fraction of sp³-hybridized carbons (Fsp3) is 0.400. The van der Waals surface area contributed by atoms with E-state index in [1.165, 1.54) is 6.07 Å². The molecule has 6 nitrogen and oxygen atoms in total. The molecule has 0 aromatic heterocycles. The Kier molecular flexibility index (Phi) is 4.27. The second-order valence-corrected chi connectivity index (χ2v) is 5.66. The molecule has 0 unspecified atom stereocenters. The van der Waals surface area contributed by atoms with Crippen LogP contribution in [0.15, 0.2) is 18.2 Å². The predicted octanol–water partition coefficient (Wildman–Crippen LogP) is 2.95. The minimum absolute atomic E-state index is 0.123. The Hall–Kier alpha value is -1.84. The zero-order chi connectivity index (χ0) is 15.7. The topological polar surface area (TPSA) is 86.5 Å². The van der Waals surface area contributed by atoms with Crippen molar-refractivity contribution < 1.29 is 30.7 Å². The largest absolute Gasteiger partial charge is 0.534 e. The third kappa shape index (κ3) is 3.38. The maximum absolute atomic E-state index is 12.2. The lowest BCUT2D eigenvalue weighted by Crippen LogP contribution is -2.28. The first-order valence-corrected chi connectivity index (χ1v) is 6.65. The van der Waals surface area contributed by atoms with Gasteiger partial charge in [-0.15, -0.1) is 0 Å². The monoisotopic (exact) mass is 313 g/mol. The standard InChI is InChI=1S/C10H10F3NO5S/c1-6(2)7-3-4-9(8(5-7)14(15)16)19-20(17,18)10(11,12)13/h3-6H,1-2H3. The molecule has 0 aliphatic rings. The molecule has 0 aliphatic heterocycles. The molecule has 20 heavy (non-hydrogen) atoms. The summed E-state index contributed by atoms with van der Waals surface area (Å²) < 4.78 is 62.0. The first kappa shape index (κ1) is 16.2. The molecular formula is C10H10F3NO5S. The van der Waals surface area contributed by atoms with Crippen LogP contribution >= 0.6 is 0 Å². The molecule has 0 amide bonds.